The van der Waals surface area contributed by atoms with Gasteiger partial charge in [-0.1, -0.05) is 0 Å². The molecule has 1 saturated carbocycles. The summed E-state index contributed by atoms with van der Waals surface area (Å²) < 4.78 is 16.1. The van der Waals surface area contributed by atoms with Crippen LogP contribution in [0.2, 0.25) is 0 Å². The SMILES string of the molecule is COC(=O)[C@H]1CN(C2CC(c3nnc(C)o3)C2)CC[C@H]1CCC(O)c1ccnc2ccc(OC)cc12. The van der Waals surface area contributed by atoms with Crippen LogP contribution in [-0.4, -0.2) is 64.5 Å². The summed E-state index contributed by atoms with van der Waals surface area (Å²) in [6.45, 7) is 3.43. The molecular weight excluding hydrogens is 460 g/mol. The van der Waals surface area contributed by atoms with Crippen molar-refractivity contribution in [1.82, 2.24) is 20.1 Å². The Bertz CT molecular complexity index is 1210. The zero-order valence-electron chi connectivity index (χ0n) is 21.1. The molecule has 0 radical (unpaired) electrons. The summed E-state index contributed by atoms with van der Waals surface area (Å²) in [7, 11) is 3.09. The van der Waals surface area contributed by atoms with Crippen molar-refractivity contribution in [3.8, 4) is 5.75 Å². The molecule has 5 rings (SSSR count). The van der Waals surface area contributed by atoms with Crippen LogP contribution in [0.3, 0.4) is 0 Å². The Morgan fingerprint density at radius 3 is 2.81 bits per heavy atom. The molecule has 1 aliphatic heterocycles. The maximum absolute atomic E-state index is 12.7. The van der Waals surface area contributed by atoms with E-state index in [2.05, 4.69) is 20.1 Å². The molecule has 36 heavy (non-hydrogen) atoms. The van der Waals surface area contributed by atoms with Crippen LogP contribution in [0, 0.1) is 18.8 Å². The topological polar surface area (TPSA) is 111 Å². The molecule has 9 heteroatoms. The maximum Gasteiger partial charge on any atom is 0.310 e. The van der Waals surface area contributed by atoms with Crippen LogP contribution in [0.4, 0.5) is 0 Å². The summed E-state index contributed by atoms with van der Waals surface area (Å²) in [6.07, 6.45) is 5.23. The second kappa shape index (κ2) is 10.5. The molecule has 0 amide bonds. The van der Waals surface area contributed by atoms with Gasteiger partial charge in [-0.25, -0.2) is 0 Å². The van der Waals surface area contributed by atoms with E-state index < -0.39 is 6.10 Å². The Kier molecular flexibility index (Phi) is 7.20. The molecule has 2 fully saturated rings. The number of likely N-dealkylation sites (tertiary alicyclic amines) is 1. The highest BCUT2D eigenvalue weighted by Gasteiger charge is 2.43. The van der Waals surface area contributed by atoms with Crippen molar-refractivity contribution in [3.63, 3.8) is 0 Å². The van der Waals surface area contributed by atoms with E-state index in [-0.39, 0.29) is 17.8 Å². The van der Waals surface area contributed by atoms with E-state index in [0.717, 1.165) is 60.3 Å². The van der Waals surface area contributed by atoms with E-state index in [0.29, 0.717) is 30.8 Å². The van der Waals surface area contributed by atoms with Crippen molar-refractivity contribution < 1.29 is 23.8 Å². The molecule has 2 aliphatic rings. The molecule has 1 aromatic carbocycles. The molecule has 0 spiro atoms. The molecule has 2 aromatic heterocycles. The Morgan fingerprint density at radius 2 is 2.08 bits per heavy atom. The zero-order valence-corrected chi connectivity index (χ0v) is 21.1. The van der Waals surface area contributed by atoms with Crippen LogP contribution in [0.25, 0.3) is 10.9 Å². The number of benzene rings is 1. The van der Waals surface area contributed by atoms with Gasteiger partial charge in [-0.2, -0.15) is 0 Å². The number of aliphatic hydroxyl groups is 1. The van der Waals surface area contributed by atoms with Crippen LogP contribution >= 0.6 is 0 Å². The summed E-state index contributed by atoms with van der Waals surface area (Å²) in [5.74, 6) is 2.15. The maximum atomic E-state index is 12.7. The Labute approximate surface area is 210 Å². The van der Waals surface area contributed by atoms with Gasteiger partial charge in [0.05, 0.1) is 31.8 Å². The summed E-state index contributed by atoms with van der Waals surface area (Å²) in [5.41, 5.74) is 1.66. The third-order valence-corrected chi connectivity index (χ3v) is 7.96. The van der Waals surface area contributed by atoms with E-state index in [1.54, 1.807) is 13.3 Å². The number of fused-ring (bicyclic) bond motifs is 1. The Balaban J connectivity index is 1.21. The minimum atomic E-state index is -0.649. The number of hydrogen-bond donors (Lipinski definition) is 1. The molecule has 1 aliphatic carbocycles. The Morgan fingerprint density at radius 1 is 1.25 bits per heavy atom. The van der Waals surface area contributed by atoms with Gasteiger partial charge in [0, 0.05) is 37.0 Å². The highest BCUT2D eigenvalue weighted by Crippen LogP contribution is 2.42. The smallest absolute Gasteiger partial charge is 0.310 e. The molecule has 0 bridgehead atoms. The Hall–Kier alpha value is -3.04. The van der Waals surface area contributed by atoms with Gasteiger partial charge in [-0.3, -0.25) is 14.7 Å². The summed E-state index contributed by atoms with van der Waals surface area (Å²) in [5, 5.41) is 20.1. The molecule has 1 N–H and O–H groups in total. The molecule has 3 aromatic rings. The normalized spacial score (nSPS) is 25.3. The lowest BCUT2D eigenvalue weighted by molar-refractivity contribution is -0.151. The second-order valence-corrected chi connectivity index (χ2v) is 10.0. The standard InChI is InChI=1S/C27H34N4O5/c1-16-29-30-26(36-16)18-12-19(13-18)31-11-9-17(23(15-31)27(33)35-3)4-7-25(32)21-8-10-28-24-6-5-20(34-2)14-22(21)24/h5-6,8,10,14,17-19,23,25,32H,4,7,9,11-13,15H2,1-3H3/t17-,18?,19?,23+,25?/m1/s1. The van der Waals surface area contributed by atoms with E-state index >= 15 is 0 Å². The largest absolute Gasteiger partial charge is 0.497 e. The zero-order chi connectivity index (χ0) is 25.2. The number of carbonyl (C=O) groups is 1. The van der Waals surface area contributed by atoms with Crippen LogP contribution in [0.15, 0.2) is 34.9 Å². The van der Waals surface area contributed by atoms with Gasteiger partial charge >= 0.3 is 5.97 Å². The van der Waals surface area contributed by atoms with E-state index in [4.69, 9.17) is 13.9 Å². The first-order valence-electron chi connectivity index (χ1n) is 12.7. The van der Waals surface area contributed by atoms with E-state index in [1.807, 2.05) is 31.2 Å². The number of hydrogen-bond acceptors (Lipinski definition) is 9. The number of rotatable bonds is 8. The molecule has 9 nitrogen and oxygen atoms in total. The van der Waals surface area contributed by atoms with Crippen LogP contribution < -0.4 is 4.74 Å². The number of esters is 1. The quantitative estimate of drug-likeness (QED) is 0.467. The van der Waals surface area contributed by atoms with Gasteiger partial charge in [0.15, 0.2) is 0 Å². The number of aromatic nitrogens is 3. The number of pyridine rings is 1. The lowest BCUT2D eigenvalue weighted by Crippen LogP contribution is -2.52. The van der Waals surface area contributed by atoms with Crippen molar-refractivity contribution in [2.75, 3.05) is 27.3 Å². The fourth-order valence-corrected chi connectivity index (χ4v) is 5.78. The first-order chi connectivity index (χ1) is 17.5. The highest BCUT2D eigenvalue weighted by atomic mass is 16.5. The second-order valence-electron chi connectivity index (χ2n) is 10.0. The number of aliphatic hydroxyl groups excluding tert-OH is 1. The highest BCUT2D eigenvalue weighted by molar-refractivity contribution is 5.83. The minimum absolute atomic E-state index is 0.165. The first kappa shape index (κ1) is 24.6. The number of methoxy groups -OCH3 is 2. The predicted octanol–water partition coefficient (Wildman–Crippen LogP) is 3.81. The third kappa shape index (κ3) is 4.95. The average molecular weight is 495 g/mol. The van der Waals surface area contributed by atoms with Gasteiger partial charge in [0.25, 0.3) is 0 Å². The average Bonchev–Trinajstić information content (AvgIpc) is 3.30. The molecule has 3 heterocycles. The third-order valence-electron chi connectivity index (χ3n) is 7.96. The lowest BCUT2D eigenvalue weighted by atomic mass is 9.75. The predicted molar refractivity (Wildman–Crippen MR) is 132 cm³/mol. The van der Waals surface area contributed by atoms with Crippen LogP contribution in [0.5, 0.6) is 5.75 Å². The number of aryl methyl sites for hydroxylation is 1. The summed E-state index contributed by atoms with van der Waals surface area (Å²) in [4.78, 5) is 19.6. The summed E-state index contributed by atoms with van der Waals surface area (Å²) in [6, 6.07) is 7.97. The molecule has 1 unspecified atom stereocenters. The van der Waals surface area contributed by atoms with Gasteiger partial charge in [-0.15, -0.1) is 10.2 Å². The van der Waals surface area contributed by atoms with E-state index in [9.17, 15) is 9.90 Å². The number of piperidine rings is 1. The van der Waals surface area contributed by atoms with Crippen molar-refractivity contribution in [3.05, 3.63) is 47.8 Å². The van der Waals surface area contributed by atoms with Gasteiger partial charge in [0.2, 0.25) is 11.8 Å². The number of nitrogens with zero attached hydrogens (tertiary/aromatic N) is 4. The van der Waals surface area contributed by atoms with Crippen LogP contribution in [-0.2, 0) is 9.53 Å². The van der Waals surface area contributed by atoms with Crippen molar-refractivity contribution >= 4 is 16.9 Å². The number of carbonyl (C=O) groups excluding carboxylic acids is 1. The fourth-order valence-electron chi connectivity index (χ4n) is 5.78. The van der Waals surface area contributed by atoms with Crippen molar-refractivity contribution in [2.45, 2.75) is 57.1 Å². The first-order valence-corrected chi connectivity index (χ1v) is 12.7. The molecule has 3 atom stereocenters. The molecular formula is C27H34N4O5. The monoisotopic (exact) mass is 494 g/mol. The minimum Gasteiger partial charge on any atom is -0.497 e. The van der Waals surface area contributed by atoms with Crippen molar-refractivity contribution in [1.29, 1.82) is 0 Å². The van der Waals surface area contributed by atoms with Gasteiger partial charge in [0.1, 0.15) is 5.75 Å². The molecule has 1 saturated heterocycles. The number of ether oxygens (including phenoxy) is 2. The van der Waals surface area contributed by atoms with Gasteiger partial charge < -0.3 is 19.0 Å². The van der Waals surface area contributed by atoms with Gasteiger partial charge in [-0.05, 0) is 74.4 Å². The van der Waals surface area contributed by atoms with Crippen LogP contribution in [0.1, 0.15) is 61.5 Å². The van der Waals surface area contributed by atoms with E-state index in [1.165, 1.54) is 7.11 Å². The fraction of sp³-hybridized carbons (Fsp3) is 0.556. The summed E-state index contributed by atoms with van der Waals surface area (Å²) >= 11 is 0. The lowest BCUT2D eigenvalue weighted by Gasteiger charge is -2.46. The molecule has 192 valence electrons. The van der Waals surface area contributed by atoms with Crippen molar-refractivity contribution in [2.24, 2.45) is 11.8 Å².